The summed E-state index contributed by atoms with van der Waals surface area (Å²) in [5.74, 6) is 0.0948. The molecule has 6 nitrogen and oxygen atoms in total. The van der Waals surface area contributed by atoms with Gasteiger partial charge in [-0.15, -0.1) is 11.3 Å². The summed E-state index contributed by atoms with van der Waals surface area (Å²) < 4.78 is 27.5. The van der Waals surface area contributed by atoms with E-state index >= 15 is 0 Å². The molecule has 0 bridgehead atoms. The number of hydrogen-bond donors (Lipinski definition) is 0. The largest absolute Gasteiger partial charge is 0.311 e. The van der Waals surface area contributed by atoms with Gasteiger partial charge in [-0.1, -0.05) is 18.2 Å². The van der Waals surface area contributed by atoms with Crippen LogP contribution in [0.2, 0.25) is 0 Å². The number of piperazine rings is 1. The van der Waals surface area contributed by atoms with Crippen LogP contribution in [0.5, 0.6) is 0 Å². The molecule has 1 aromatic carbocycles. The van der Waals surface area contributed by atoms with Gasteiger partial charge in [0.1, 0.15) is 4.21 Å². The molecule has 0 radical (unpaired) electrons. The van der Waals surface area contributed by atoms with Crippen molar-refractivity contribution in [2.24, 2.45) is 0 Å². The third kappa shape index (κ3) is 3.87. The van der Waals surface area contributed by atoms with E-state index in [1.54, 1.807) is 6.07 Å². The predicted molar refractivity (Wildman–Crippen MR) is 111 cm³/mol. The molecule has 1 amide bonds. The molecule has 2 aromatic rings. The molecular formula is C20H25N3O3S2. The predicted octanol–water partition coefficient (Wildman–Crippen LogP) is 2.34. The van der Waals surface area contributed by atoms with E-state index in [-0.39, 0.29) is 5.91 Å². The van der Waals surface area contributed by atoms with E-state index in [0.717, 1.165) is 30.0 Å². The number of fused-ring (bicyclic) bond motifs is 1. The van der Waals surface area contributed by atoms with Gasteiger partial charge in [0.05, 0.1) is 6.54 Å². The van der Waals surface area contributed by atoms with Gasteiger partial charge in [-0.05, 0) is 43.5 Å². The smallest absolute Gasteiger partial charge is 0.252 e. The number of rotatable bonds is 4. The lowest BCUT2D eigenvalue weighted by atomic mass is 10.0. The minimum atomic E-state index is -3.42. The lowest BCUT2D eigenvalue weighted by molar-refractivity contribution is -0.120. The maximum atomic E-state index is 12.9. The van der Waals surface area contributed by atoms with E-state index in [9.17, 15) is 13.2 Å². The molecule has 150 valence electrons. The zero-order valence-electron chi connectivity index (χ0n) is 16.0. The Balaban J connectivity index is 1.37. The minimum Gasteiger partial charge on any atom is -0.311 e. The Morgan fingerprint density at radius 1 is 1.04 bits per heavy atom. The zero-order chi connectivity index (χ0) is 19.7. The highest BCUT2D eigenvalue weighted by atomic mass is 32.2. The number of sulfonamides is 1. The first kappa shape index (κ1) is 19.6. The first-order chi connectivity index (χ1) is 13.4. The molecule has 0 aliphatic carbocycles. The van der Waals surface area contributed by atoms with E-state index in [2.05, 4.69) is 11.0 Å². The number of nitrogens with zero attached hydrogens (tertiary/aromatic N) is 3. The average Bonchev–Trinajstić information content (AvgIpc) is 3.15. The number of anilines is 1. The molecular weight excluding hydrogens is 394 g/mol. The van der Waals surface area contributed by atoms with Crippen LogP contribution in [0, 0.1) is 6.92 Å². The molecule has 0 unspecified atom stereocenters. The molecule has 1 aromatic heterocycles. The lowest BCUT2D eigenvalue weighted by Gasteiger charge is -2.35. The number of amides is 1. The van der Waals surface area contributed by atoms with E-state index in [1.807, 2.05) is 36.1 Å². The van der Waals surface area contributed by atoms with Crippen LogP contribution in [0.25, 0.3) is 0 Å². The van der Waals surface area contributed by atoms with Gasteiger partial charge in [-0.25, -0.2) is 8.42 Å². The van der Waals surface area contributed by atoms with E-state index in [1.165, 1.54) is 21.2 Å². The van der Waals surface area contributed by atoms with Crippen LogP contribution in [0.4, 0.5) is 5.69 Å². The standard InChI is InChI=1S/C20H25N3O3S2/c1-16-8-9-20(27-16)28(25,26)22-13-11-21(12-14-22)15-19(24)23-10-4-6-17-5-2-3-7-18(17)23/h2-3,5,7-9H,4,6,10-15H2,1H3. The summed E-state index contributed by atoms with van der Waals surface area (Å²) in [7, 11) is -3.42. The Kier molecular flexibility index (Phi) is 5.55. The van der Waals surface area contributed by atoms with E-state index in [0.29, 0.717) is 36.9 Å². The van der Waals surface area contributed by atoms with Crippen molar-refractivity contribution < 1.29 is 13.2 Å². The number of benzene rings is 1. The Hall–Kier alpha value is -1.74. The number of carbonyl (C=O) groups excluding carboxylic acids is 1. The highest BCUT2D eigenvalue weighted by Crippen LogP contribution is 2.27. The molecule has 28 heavy (non-hydrogen) atoms. The lowest BCUT2D eigenvalue weighted by Crippen LogP contribution is -2.51. The molecule has 3 heterocycles. The van der Waals surface area contributed by atoms with E-state index < -0.39 is 10.0 Å². The number of aryl methyl sites for hydroxylation is 2. The second-order valence-corrected chi connectivity index (χ2v) is 10.8. The molecule has 4 rings (SSSR count). The Bertz CT molecular complexity index is 963. The molecule has 0 saturated carbocycles. The SMILES string of the molecule is Cc1ccc(S(=O)(=O)N2CCN(CC(=O)N3CCCc4ccccc43)CC2)s1. The number of para-hydroxylation sites is 1. The summed E-state index contributed by atoms with van der Waals surface area (Å²) in [5.41, 5.74) is 2.25. The molecule has 0 atom stereocenters. The Morgan fingerprint density at radius 2 is 1.79 bits per heavy atom. The van der Waals surface area contributed by atoms with Gasteiger partial charge in [0.2, 0.25) is 5.91 Å². The van der Waals surface area contributed by atoms with Gasteiger partial charge in [0.25, 0.3) is 10.0 Å². The third-order valence-corrected chi connectivity index (χ3v) is 8.78. The highest BCUT2D eigenvalue weighted by molar-refractivity contribution is 7.91. The fraction of sp³-hybridized carbons (Fsp3) is 0.450. The van der Waals surface area contributed by atoms with Crippen molar-refractivity contribution in [2.45, 2.75) is 24.0 Å². The fourth-order valence-electron chi connectivity index (χ4n) is 3.88. The first-order valence-corrected chi connectivity index (χ1v) is 11.9. The Morgan fingerprint density at radius 3 is 2.50 bits per heavy atom. The summed E-state index contributed by atoms with van der Waals surface area (Å²) in [6, 6.07) is 11.6. The number of hydrogen-bond acceptors (Lipinski definition) is 5. The van der Waals surface area contributed by atoms with Gasteiger partial charge in [0.15, 0.2) is 0 Å². The summed E-state index contributed by atoms with van der Waals surface area (Å²) in [6.45, 7) is 4.98. The van der Waals surface area contributed by atoms with Crippen LogP contribution in [0.15, 0.2) is 40.6 Å². The van der Waals surface area contributed by atoms with Crippen molar-refractivity contribution in [3.05, 3.63) is 46.8 Å². The topological polar surface area (TPSA) is 60.9 Å². The fourth-order valence-corrected chi connectivity index (χ4v) is 6.74. The monoisotopic (exact) mass is 419 g/mol. The second kappa shape index (κ2) is 7.94. The molecule has 0 spiro atoms. The second-order valence-electron chi connectivity index (χ2n) is 7.32. The average molecular weight is 420 g/mol. The van der Waals surface area contributed by atoms with Crippen LogP contribution >= 0.6 is 11.3 Å². The van der Waals surface area contributed by atoms with Crippen LogP contribution in [0.3, 0.4) is 0 Å². The maximum absolute atomic E-state index is 12.9. The maximum Gasteiger partial charge on any atom is 0.252 e. The normalized spacial score (nSPS) is 18.8. The summed E-state index contributed by atoms with van der Waals surface area (Å²) in [6.07, 6.45) is 1.99. The first-order valence-electron chi connectivity index (χ1n) is 9.62. The van der Waals surface area contributed by atoms with Crippen LogP contribution < -0.4 is 4.90 Å². The summed E-state index contributed by atoms with van der Waals surface area (Å²) >= 11 is 1.31. The molecule has 1 saturated heterocycles. The summed E-state index contributed by atoms with van der Waals surface area (Å²) in [5, 5.41) is 0. The van der Waals surface area contributed by atoms with Crippen molar-refractivity contribution >= 4 is 33.0 Å². The van der Waals surface area contributed by atoms with Gasteiger partial charge < -0.3 is 4.90 Å². The van der Waals surface area contributed by atoms with Crippen molar-refractivity contribution in [1.82, 2.24) is 9.21 Å². The number of carbonyl (C=O) groups is 1. The third-order valence-electron chi connectivity index (χ3n) is 5.41. The van der Waals surface area contributed by atoms with Crippen molar-refractivity contribution in [3.63, 3.8) is 0 Å². The van der Waals surface area contributed by atoms with Crippen LogP contribution in [-0.4, -0.2) is 62.8 Å². The molecule has 2 aliphatic heterocycles. The summed E-state index contributed by atoms with van der Waals surface area (Å²) in [4.78, 5) is 17.8. The van der Waals surface area contributed by atoms with Gasteiger partial charge >= 0.3 is 0 Å². The van der Waals surface area contributed by atoms with Crippen LogP contribution in [0.1, 0.15) is 16.9 Å². The van der Waals surface area contributed by atoms with Crippen molar-refractivity contribution in [1.29, 1.82) is 0 Å². The molecule has 1 fully saturated rings. The molecule has 2 aliphatic rings. The molecule has 8 heteroatoms. The van der Waals surface area contributed by atoms with Gasteiger partial charge in [-0.3, -0.25) is 9.69 Å². The Labute approximate surface area is 170 Å². The van der Waals surface area contributed by atoms with Crippen molar-refractivity contribution in [3.8, 4) is 0 Å². The van der Waals surface area contributed by atoms with Gasteiger partial charge in [-0.2, -0.15) is 4.31 Å². The highest BCUT2D eigenvalue weighted by Gasteiger charge is 2.31. The minimum absolute atomic E-state index is 0.0948. The molecule has 0 N–H and O–H groups in total. The van der Waals surface area contributed by atoms with Crippen molar-refractivity contribution in [2.75, 3.05) is 44.2 Å². The van der Waals surface area contributed by atoms with E-state index in [4.69, 9.17) is 0 Å². The van der Waals surface area contributed by atoms with Crippen LogP contribution in [-0.2, 0) is 21.2 Å². The zero-order valence-corrected chi connectivity index (χ0v) is 17.6. The number of thiophene rings is 1. The van der Waals surface area contributed by atoms with Gasteiger partial charge in [0, 0.05) is 43.3 Å². The quantitative estimate of drug-likeness (QED) is 0.763.